The molecule has 162 valence electrons. The summed E-state index contributed by atoms with van der Waals surface area (Å²) in [7, 11) is 0. The molecule has 1 heterocycles. The van der Waals surface area contributed by atoms with Gasteiger partial charge in [-0.2, -0.15) is 0 Å². The Bertz CT molecular complexity index is 1010. The Hall–Kier alpha value is -3.48. The highest BCUT2D eigenvalue weighted by molar-refractivity contribution is 5.83. The lowest BCUT2D eigenvalue weighted by Gasteiger charge is -2.07. The first kappa shape index (κ1) is 22.2. The first-order valence-electron chi connectivity index (χ1n) is 10.2. The highest BCUT2D eigenvalue weighted by atomic mass is 19.1. The van der Waals surface area contributed by atoms with Gasteiger partial charge in [-0.15, -0.1) is 0 Å². The summed E-state index contributed by atoms with van der Waals surface area (Å²) in [5, 5.41) is 0. The van der Waals surface area contributed by atoms with Crippen molar-refractivity contribution in [2.75, 3.05) is 0 Å². The lowest BCUT2D eigenvalue weighted by molar-refractivity contribution is -0.128. The number of rotatable bonds is 8. The van der Waals surface area contributed by atoms with Gasteiger partial charge in [0.15, 0.2) is 11.7 Å². The summed E-state index contributed by atoms with van der Waals surface area (Å²) in [6, 6.07) is 13.8. The molecule has 2 N–H and O–H groups in total. The summed E-state index contributed by atoms with van der Waals surface area (Å²) in [5.74, 6) is 0.592. The largest absolute Gasteiger partial charge is 0.441 e. The Kier molecular flexibility index (Phi) is 7.54. The average molecular weight is 423 g/mol. The third-order valence-corrected chi connectivity index (χ3v) is 4.62. The molecule has 0 spiro atoms. The first-order chi connectivity index (χ1) is 14.9. The minimum absolute atomic E-state index is 0.0413. The van der Waals surface area contributed by atoms with Crippen LogP contribution in [0.25, 0.3) is 11.3 Å². The van der Waals surface area contributed by atoms with Crippen LogP contribution in [0.1, 0.15) is 37.3 Å². The maximum absolute atomic E-state index is 12.9. The van der Waals surface area contributed by atoms with Crippen LogP contribution in [0.15, 0.2) is 59.1 Å². The fraction of sp³-hybridized carbons (Fsp3) is 0.292. The van der Waals surface area contributed by atoms with Crippen LogP contribution in [0.5, 0.6) is 0 Å². The molecule has 0 unspecified atom stereocenters. The van der Waals surface area contributed by atoms with Crippen molar-refractivity contribution in [1.82, 2.24) is 15.8 Å². The van der Waals surface area contributed by atoms with Crippen molar-refractivity contribution in [2.24, 2.45) is 5.92 Å². The van der Waals surface area contributed by atoms with E-state index < -0.39 is 0 Å². The molecule has 3 rings (SSSR count). The molecule has 0 atom stereocenters. The van der Waals surface area contributed by atoms with E-state index in [2.05, 4.69) is 41.8 Å². The fourth-order valence-corrected chi connectivity index (χ4v) is 3.09. The van der Waals surface area contributed by atoms with Crippen LogP contribution in [-0.4, -0.2) is 16.8 Å². The van der Waals surface area contributed by atoms with Crippen LogP contribution in [0.3, 0.4) is 0 Å². The van der Waals surface area contributed by atoms with Crippen LogP contribution in [0, 0.1) is 11.7 Å². The van der Waals surface area contributed by atoms with Crippen molar-refractivity contribution < 1.29 is 18.4 Å². The Morgan fingerprint density at radius 3 is 2.29 bits per heavy atom. The van der Waals surface area contributed by atoms with E-state index in [1.54, 1.807) is 6.20 Å². The standard InChI is InChI=1S/C24H26FN3O3/c1-16(2)13-17-3-7-19(8-4-17)21-15-26-24(31-21)12-11-22(29)27-28-23(30)14-18-5-9-20(25)10-6-18/h3-10,15-16H,11-14H2,1-2H3,(H,27,29)(H,28,30). The molecular weight excluding hydrogens is 397 g/mol. The molecule has 31 heavy (non-hydrogen) atoms. The number of halogens is 1. The van der Waals surface area contributed by atoms with Gasteiger partial charge in [0.25, 0.3) is 0 Å². The van der Waals surface area contributed by atoms with Crippen molar-refractivity contribution >= 4 is 11.8 Å². The molecule has 1 aromatic heterocycles. The van der Waals surface area contributed by atoms with Gasteiger partial charge in [0, 0.05) is 18.4 Å². The van der Waals surface area contributed by atoms with Gasteiger partial charge in [-0.1, -0.05) is 50.2 Å². The first-order valence-corrected chi connectivity index (χ1v) is 10.2. The predicted octanol–water partition coefficient (Wildman–Crippen LogP) is 4.00. The second-order valence-corrected chi connectivity index (χ2v) is 7.81. The number of hydrogen-bond acceptors (Lipinski definition) is 4. The smallest absolute Gasteiger partial charge is 0.242 e. The van der Waals surface area contributed by atoms with Gasteiger partial charge in [0.05, 0.1) is 12.6 Å². The Labute approximate surface area is 180 Å². The van der Waals surface area contributed by atoms with Crippen LogP contribution >= 0.6 is 0 Å². The zero-order chi connectivity index (χ0) is 22.2. The van der Waals surface area contributed by atoms with Crippen LogP contribution < -0.4 is 10.9 Å². The normalized spacial score (nSPS) is 10.8. The van der Waals surface area contributed by atoms with E-state index in [1.807, 2.05) is 12.1 Å². The Balaban J connectivity index is 1.43. The van der Waals surface area contributed by atoms with E-state index in [0.717, 1.165) is 12.0 Å². The molecule has 0 saturated carbocycles. The van der Waals surface area contributed by atoms with Crippen molar-refractivity contribution in [3.63, 3.8) is 0 Å². The minimum Gasteiger partial charge on any atom is -0.441 e. The summed E-state index contributed by atoms with van der Waals surface area (Å²) >= 11 is 0. The number of benzene rings is 2. The van der Waals surface area contributed by atoms with Gasteiger partial charge in [-0.05, 0) is 35.6 Å². The minimum atomic E-state index is -0.390. The average Bonchev–Trinajstić information content (AvgIpc) is 3.21. The van der Waals surface area contributed by atoms with Crippen LogP contribution in [0.4, 0.5) is 4.39 Å². The van der Waals surface area contributed by atoms with E-state index in [-0.39, 0.29) is 30.5 Å². The molecule has 6 nitrogen and oxygen atoms in total. The number of carbonyl (C=O) groups excluding carboxylic acids is 2. The number of nitrogens with zero attached hydrogens (tertiary/aromatic N) is 1. The summed E-state index contributed by atoms with van der Waals surface area (Å²) in [5.41, 5.74) is 7.57. The topological polar surface area (TPSA) is 84.2 Å². The van der Waals surface area contributed by atoms with E-state index in [9.17, 15) is 14.0 Å². The third-order valence-electron chi connectivity index (χ3n) is 4.62. The Morgan fingerprint density at radius 1 is 0.968 bits per heavy atom. The molecule has 2 amide bonds. The molecule has 0 saturated heterocycles. The highest BCUT2D eigenvalue weighted by Gasteiger charge is 2.11. The molecular formula is C24H26FN3O3. The number of aromatic nitrogens is 1. The monoisotopic (exact) mass is 423 g/mol. The quantitative estimate of drug-likeness (QED) is 0.537. The van der Waals surface area contributed by atoms with Crippen LogP contribution in [-0.2, 0) is 28.9 Å². The molecule has 0 radical (unpaired) electrons. The Morgan fingerprint density at radius 2 is 1.61 bits per heavy atom. The zero-order valence-electron chi connectivity index (χ0n) is 17.7. The second kappa shape index (κ2) is 10.5. The predicted molar refractivity (Wildman–Crippen MR) is 115 cm³/mol. The van der Waals surface area contributed by atoms with E-state index >= 15 is 0 Å². The van der Waals surface area contributed by atoms with Gasteiger partial charge in [-0.25, -0.2) is 9.37 Å². The van der Waals surface area contributed by atoms with Gasteiger partial charge >= 0.3 is 0 Å². The molecule has 0 bridgehead atoms. The lowest BCUT2D eigenvalue weighted by atomic mass is 10.0. The molecule has 0 aliphatic heterocycles. The van der Waals surface area contributed by atoms with E-state index in [1.165, 1.54) is 29.8 Å². The van der Waals surface area contributed by atoms with Crippen molar-refractivity contribution in [2.45, 2.75) is 39.5 Å². The van der Waals surface area contributed by atoms with Crippen molar-refractivity contribution in [3.8, 4) is 11.3 Å². The van der Waals surface area contributed by atoms with Crippen LogP contribution in [0.2, 0.25) is 0 Å². The molecule has 3 aromatic rings. The maximum Gasteiger partial charge on any atom is 0.242 e. The molecule has 0 fully saturated rings. The number of amides is 2. The number of aryl methyl sites for hydroxylation is 1. The van der Waals surface area contributed by atoms with Gasteiger partial charge in [-0.3, -0.25) is 20.4 Å². The number of nitrogens with one attached hydrogen (secondary N) is 2. The summed E-state index contributed by atoms with van der Waals surface area (Å²) in [6.07, 6.45) is 3.14. The SMILES string of the molecule is CC(C)Cc1ccc(-c2cnc(CCC(=O)NNC(=O)Cc3ccc(F)cc3)o2)cc1. The number of carbonyl (C=O) groups is 2. The number of oxazole rings is 1. The summed E-state index contributed by atoms with van der Waals surface area (Å²) in [6.45, 7) is 4.37. The lowest BCUT2D eigenvalue weighted by Crippen LogP contribution is -2.42. The van der Waals surface area contributed by atoms with Gasteiger partial charge < -0.3 is 4.42 Å². The van der Waals surface area contributed by atoms with Crippen molar-refractivity contribution in [3.05, 3.63) is 77.6 Å². The summed E-state index contributed by atoms with van der Waals surface area (Å²) in [4.78, 5) is 28.1. The second-order valence-electron chi connectivity index (χ2n) is 7.81. The van der Waals surface area contributed by atoms with Gasteiger partial charge in [0.1, 0.15) is 5.82 Å². The summed E-state index contributed by atoms with van der Waals surface area (Å²) < 4.78 is 18.6. The third kappa shape index (κ3) is 7.06. The van der Waals surface area contributed by atoms with E-state index in [4.69, 9.17) is 4.42 Å². The van der Waals surface area contributed by atoms with E-state index in [0.29, 0.717) is 29.6 Å². The molecule has 0 aliphatic carbocycles. The van der Waals surface area contributed by atoms with Gasteiger partial charge in [0.2, 0.25) is 11.8 Å². The fourth-order valence-electron chi connectivity index (χ4n) is 3.09. The highest BCUT2D eigenvalue weighted by Crippen LogP contribution is 2.22. The van der Waals surface area contributed by atoms with Crippen molar-refractivity contribution in [1.29, 1.82) is 0 Å². The number of hydrogen-bond donors (Lipinski definition) is 2. The molecule has 7 heteroatoms. The maximum atomic E-state index is 12.9. The molecule has 0 aliphatic rings. The number of hydrazine groups is 1. The molecule has 2 aromatic carbocycles. The zero-order valence-corrected chi connectivity index (χ0v) is 17.7.